The van der Waals surface area contributed by atoms with Gasteiger partial charge in [0.05, 0.1) is 0 Å². The van der Waals surface area contributed by atoms with Gasteiger partial charge in [0, 0.05) is 19.3 Å². The third kappa shape index (κ3) is 48.1. The maximum atomic E-state index is 12.8. The van der Waals surface area contributed by atoms with E-state index in [2.05, 4.69) is 81.5 Å². The zero-order valence-electron chi connectivity index (χ0n) is 40.9. The molecule has 0 heterocycles. The summed E-state index contributed by atoms with van der Waals surface area (Å²) < 4.78 is 16.8. The third-order valence-corrected chi connectivity index (χ3v) is 11.2. The van der Waals surface area contributed by atoms with Crippen LogP contribution < -0.4 is 0 Å². The topological polar surface area (TPSA) is 78.9 Å². The van der Waals surface area contributed by atoms with Gasteiger partial charge >= 0.3 is 17.9 Å². The average Bonchev–Trinajstić information content (AvgIpc) is 3.27. The quantitative estimate of drug-likeness (QED) is 0.0262. The monoisotopic (exact) mass is 867 g/mol. The highest BCUT2D eigenvalue weighted by atomic mass is 16.6. The van der Waals surface area contributed by atoms with Crippen LogP contribution in [0.2, 0.25) is 0 Å². The molecular weight excluding hydrogens is 769 g/mol. The van der Waals surface area contributed by atoms with Gasteiger partial charge in [0.25, 0.3) is 0 Å². The fourth-order valence-electron chi connectivity index (χ4n) is 7.25. The first-order valence-electron chi connectivity index (χ1n) is 26.3. The fraction of sp³-hybridized carbons (Fsp3) is 0.768. The fourth-order valence-corrected chi connectivity index (χ4v) is 7.25. The predicted molar refractivity (Wildman–Crippen MR) is 265 cm³/mol. The summed E-state index contributed by atoms with van der Waals surface area (Å²) in [5.41, 5.74) is 0. The first-order valence-corrected chi connectivity index (χ1v) is 26.3. The molecule has 0 aromatic rings. The zero-order valence-corrected chi connectivity index (χ0v) is 40.9. The van der Waals surface area contributed by atoms with E-state index in [4.69, 9.17) is 14.2 Å². The van der Waals surface area contributed by atoms with E-state index in [0.717, 1.165) is 64.2 Å². The van der Waals surface area contributed by atoms with Crippen LogP contribution in [0.5, 0.6) is 0 Å². The van der Waals surface area contributed by atoms with Crippen LogP contribution in [0.25, 0.3) is 0 Å². The molecule has 0 aliphatic carbocycles. The van der Waals surface area contributed by atoms with Gasteiger partial charge in [-0.25, -0.2) is 0 Å². The first kappa shape index (κ1) is 59.1. The van der Waals surface area contributed by atoms with Crippen molar-refractivity contribution in [1.82, 2.24) is 0 Å². The summed E-state index contributed by atoms with van der Waals surface area (Å²) in [6, 6.07) is 0. The van der Waals surface area contributed by atoms with Gasteiger partial charge in [0.2, 0.25) is 0 Å². The van der Waals surface area contributed by atoms with Crippen LogP contribution in [-0.2, 0) is 28.6 Å². The minimum absolute atomic E-state index is 0.0916. The van der Waals surface area contributed by atoms with Crippen LogP contribution in [0.4, 0.5) is 0 Å². The van der Waals surface area contributed by atoms with Crippen molar-refractivity contribution in [3.05, 3.63) is 60.8 Å². The maximum Gasteiger partial charge on any atom is 0.306 e. The molecule has 6 nitrogen and oxygen atoms in total. The van der Waals surface area contributed by atoms with Crippen LogP contribution in [0.1, 0.15) is 258 Å². The van der Waals surface area contributed by atoms with Gasteiger partial charge in [-0.2, -0.15) is 0 Å². The highest BCUT2D eigenvalue weighted by Gasteiger charge is 2.19. The molecular formula is C56H98O6. The molecule has 0 spiro atoms. The lowest BCUT2D eigenvalue weighted by atomic mass is 10.0. The van der Waals surface area contributed by atoms with Gasteiger partial charge in [-0.05, 0) is 83.5 Å². The maximum absolute atomic E-state index is 12.8. The van der Waals surface area contributed by atoms with E-state index in [1.807, 2.05) is 0 Å². The van der Waals surface area contributed by atoms with Crippen molar-refractivity contribution in [3.63, 3.8) is 0 Å². The summed E-state index contributed by atoms with van der Waals surface area (Å²) in [5, 5.41) is 0. The number of hydrogen-bond acceptors (Lipinski definition) is 6. The molecule has 358 valence electrons. The molecule has 0 aromatic heterocycles. The average molecular weight is 867 g/mol. The number of carbonyl (C=O) groups excluding carboxylic acids is 3. The number of hydrogen-bond donors (Lipinski definition) is 0. The summed E-state index contributed by atoms with van der Waals surface area (Å²) in [4.78, 5) is 37.9. The summed E-state index contributed by atoms with van der Waals surface area (Å²) in [6.45, 7) is 6.55. The summed E-state index contributed by atoms with van der Waals surface area (Å²) in [5.74, 6) is -0.949. The Bertz CT molecular complexity index is 1130. The van der Waals surface area contributed by atoms with E-state index >= 15 is 0 Å². The first-order chi connectivity index (χ1) is 30.5. The van der Waals surface area contributed by atoms with Crippen molar-refractivity contribution in [2.24, 2.45) is 0 Å². The Morgan fingerprint density at radius 1 is 0.323 bits per heavy atom. The van der Waals surface area contributed by atoms with E-state index < -0.39 is 6.10 Å². The Kier molecular flexibility index (Phi) is 48.4. The van der Waals surface area contributed by atoms with E-state index in [9.17, 15) is 14.4 Å². The van der Waals surface area contributed by atoms with Crippen LogP contribution in [-0.4, -0.2) is 37.2 Å². The molecule has 0 bridgehead atoms. The molecule has 6 heteroatoms. The largest absolute Gasteiger partial charge is 0.462 e. The molecule has 0 saturated carbocycles. The molecule has 0 rings (SSSR count). The molecule has 0 aliphatic heterocycles. The van der Waals surface area contributed by atoms with Crippen molar-refractivity contribution in [2.45, 2.75) is 264 Å². The van der Waals surface area contributed by atoms with Crippen LogP contribution >= 0.6 is 0 Å². The lowest BCUT2D eigenvalue weighted by Gasteiger charge is -2.18. The standard InChI is InChI=1S/C56H98O6/c1-4-7-10-13-16-19-22-25-27-28-30-32-35-37-40-43-46-49-55(58)61-52-53(62-56(59)50-47-44-41-38-33-24-21-18-15-12-9-6-3)51-60-54(57)48-45-42-39-36-34-31-29-26-23-20-17-14-11-8-5-2/h16,19-20,23,25,27,30,32,37,40,53H,4-15,17-18,21-22,24,26,28-29,31,33-36,38-39,41-52H2,1-3H3/b19-16-,23-20-,27-25-,32-30-,40-37-/t53-/m0/s1. The Hall–Kier alpha value is -2.89. The summed E-state index contributed by atoms with van der Waals surface area (Å²) in [6.07, 6.45) is 62.0. The molecule has 0 amide bonds. The Morgan fingerprint density at radius 2 is 0.597 bits per heavy atom. The molecule has 1 atom stereocenters. The minimum atomic E-state index is -0.794. The van der Waals surface area contributed by atoms with Crippen molar-refractivity contribution in [3.8, 4) is 0 Å². The third-order valence-electron chi connectivity index (χ3n) is 11.2. The van der Waals surface area contributed by atoms with Crippen LogP contribution in [0, 0.1) is 0 Å². The van der Waals surface area contributed by atoms with Crippen molar-refractivity contribution in [1.29, 1.82) is 0 Å². The van der Waals surface area contributed by atoms with Crippen LogP contribution in [0.15, 0.2) is 60.8 Å². The molecule has 0 aromatic carbocycles. The van der Waals surface area contributed by atoms with E-state index in [0.29, 0.717) is 19.3 Å². The van der Waals surface area contributed by atoms with Crippen molar-refractivity contribution >= 4 is 17.9 Å². The Balaban J connectivity index is 4.44. The highest BCUT2D eigenvalue weighted by molar-refractivity contribution is 5.71. The second-order valence-electron chi connectivity index (χ2n) is 17.4. The minimum Gasteiger partial charge on any atom is -0.462 e. The molecule has 0 saturated heterocycles. The molecule has 0 fully saturated rings. The van der Waals surface area contributed by atoms with Crippen molar-refractivity contribution < 1.29 is 28.6 Å². The Morgan fingerprint density at radius 3 is 1.03 bits per heavy atom. The van der Waals surface area contributed by atoms with Crippen LogP contribution in [0.3, 0.4) is 0 Å². The number of ether oxygens (including phenoxy) is 3. The van der Waals surface area contributed by atoms with Gasteiger partial charge < -0.3 is 14.2 Å². The van der Waals surface area contributed by atoms with Gasteiger partial charge in [-0.1, -0.05) is 216 Å². The smallest absolute Gasteiger partial charge is 0.306 e. The highest BCUT2D eigenvalue weighted by Crippen LogP contribution is 2.15. The van der Waals surface area contributed by atoms with Gasteiger partial charge in [0.15, 0.2) is 6.10 Å². The molecule has 0 unspecified atom stereocenters. The van der Waals surface area contributed by atoms with E-state index in [-0.39, 0.29) is 37.5 Å². The number of unbranched alkanes of at least 4 members (excludes halogenated alkanes) is 26. The summed E-state index contributed by atoms with van der Waals surface area (Å²) >= 11 is 0. The Labute approximate surface area is 383 Å². The zero-order chi connectivity index (χ0) is 45.1. The SMILES string of the molecule is CCCCC/C=C\C/C=C\C/C=C\C/C=C\CCCC(=O)OC[C@H](COC(=O)CCCCCCCCC/C=C\CCCCCC)OC(=O)CCCCCCCCCCCCCC. The lowest BCUT2D eigenvalue weighted by Crippen LogP contribution is -2.30. The van der Waals surface area contributed by atoms with Gasteiger partial charge in [-0.15, -0.1) is 0 Å². The predicted octanol–water partition coefficient (Wildman–Crippen LogP) is 17.3. The van der Waals surface area contributed by atoms with Gasteiger partial charge in [-0.3, -0.25) is 14.4 Å². The number of carbonyl (C=O) groups is 3. The molecule has 0 N–H and O–H groups in total. The van der Waals surface area contributed by atoms with Crippen molar-refractivity contribution in [2.75, 3.05) is 13.2 Å². The second kappa shape index (κ2) is 50.8. The van der Waals surface area contributed by atoms with E-state index in [1.165, 1.54) is 148 Å². The normalized spacial score (nSPS) is 12.5. The molecule has 0 aliphatic rings. The lowest BCUT2D eigenvalue weighted by molar-refractivity contribution is -0.167. The summed E-state index contributed by atoms with van der Waals surface area (Å²) in [7, 11) is 0. The second-order valence-corrected chi connectivity index (χ2v) is 17.4. The molecule has 0 radical (unpaired) electrons. The number of rotatable bonds is 47. The number of allylic oxidation sites excluding steroid dienone is 10. The number of esters is 3. The van der Waals surface area contributed by atoms with Gasteiger partial charge in [0.1, 0.15) is 13.2 Å². The molecule has 62 heavy (non-hydrogen) atoms. The van der Waals surface area contributed by atoms with E-state index in [1.54, 1.807) is 0 Å².